The lowest BCUT2D eigenvalue weighted by atomic mass is 10.2. The zero-order valence-corrected chi connectivity index (χ0v) is 23.1. The monoisotopic (exact) mass is 606 g/mol. The zero-order valence-electron chi connectivity index (χ0n) is 22.4. The number of urea groups is 1. The van der Waals surface area contributed by atoms with Gasteiger partial charge in [0.25, 0.3) is 5.91 Å². The summed E-state index contributed by atoms with van der Waals surface area (Å²) in [6.07, 6.45) is -3.29. The first kappa shape index (κ1) is 31.8. The van der Waals surface area contributed by atoms with Crippen molar-refractivity contribution in [2.75, 3.05) is 24.7 Å². The summed E-state index contributed by atoms with van der Waals surface area (Å²) in [4.78, 5) is 29.0. The maximum absolute atomic E-state index is 13.7. The molecule has 0 saturated carbocycles. The van der Waals surface area contributed by atoms with Gasteiger partial charge in [-0.1, -0.05) is 23.7 Å². The molecule has 4 aromatic rings. The van der Waals surface area contributed by atoms with E-state index in [2.05, 4.69) is 15.6 Å². The lowest BCUT2D eigenvalue weighted by Gasteiger charge is -2.12. The summed E-state index contributed by atoms with van der Waals surface area (Å²) in [6, 6.07) is 14.6. The average Bonchev–Trinajstić information content (AvgIpc) is 2.92. The summed E-state index contributed by atoms with van der Waals surface area (Å²) in [5.41, 5.74) is 0.345. The number of nitrogens with zero attached hydrogens (tertiary/aromatic N) is 2. The molecule has 0 atom stereocenters. The van der Waals surface area contributed by atoms with Crippen LogP contribution in [0.25, 0.3) is 0 Å². The zero-order chi connectivity index (χ0) is 31.0. The molecule has 0 aliphatic heterocycles. The van der Waals surface area contributed by atoms with Crippen molar-refractivity contribution in [3.8, 4) is 11.6 Å². The highest BCUT2D eigenvalue weighted by atomic mass is 35.5. The van der Waals surface area contributed by atoms with E-state index in [0.29, 0.717) is 16.8 Å². The molecule has 7 nitrogen and oxygen atoms in total. The van der Waals surface area contributed by atoms with Gasteiger partial charge in [-0.3, -0.25) is 4.79 Å². The van der Waals surface area contributed by atoms with Crippen LogP contribution in [0.4, 0.5) is 38.1 Å². The molecule has 3 aromatic carbocycles. The minimum absolute atomic E-state index is 0.149. The summed E-state index contributed by atoms with van der Waals surface area (Å²) in [5.74, 6) is -3.10. The van der Waals surface area contributed by atoms with E-state index in [-0.39, 0.29) is 28.9 Å². The Labute approximate surface area is 242 Å². The van der Waals surface area contributed by atoms with Crippen molar-refractivity contribution in [2.45, 2.75) is 13.1 Å². The number of aromatic nitrogens is 1. The van der Waals surface area contributed by atoms with Crippen LogP contribution in [-0.2, 0) is 6.18 Å². The number of halogens is 6. The molecule has 42 heavy (non-hydrogen) atoms. The van der Waals surface area contributed by atoms with Gasteiger partial charge in [0.2, 0.25) is 5.88 Å². The van der Waals surface area contributed by atoms with Crippen molar-refractivity contribution in [1.29, 1.82) is 0 Å². The van der Waals surface area contributed by atoms with Crippen LogP contribution in [0.2, 0.25) is 5.02 Å². The van der Waals surface area contributed by atoms with Crippen molar-refractivity contribution < 1.29 is 36.3 Å². The number of aryl methyl sites for hydroxylation is 1. The van der Waals surface area contributed by atoms with Crippen molar-refractivity contribution >= 4 is 34.9 Å². The van der Waals surface area contributed by atoms with Gasteiger partial charge in [0, 0.05) is 37.1 Å². The smallest absolute Gasteiger partial charge is 0.416 e. The van der Waals surface area contributed by atoms with E-state index >= 15 is 0 Å². The van der Waals surface area contributed by atoms with Gasteiger partial charge < -0.3 is 20.3 Å². The Morgan fingerprint density at radius 2 is 1.67 bits per heavy atom. The normalized spacial score (nSPS) is 10.7. The highest BCUT2D eigenvalue weighted by Crippen LogP contribution is 2.33. The number of carbonyl (C=O) groups is 2. The molecule has 0 saturated heterocycles. The summed E-state index contributed by atoms with van der Waals surface area (Å²) in [7, 11) is 3.37. The molecule has 0 aliphatic rings. The number of anilines is 2. The van der Waals surface area contributed by atoms with Crippen LogP contribution in [0.5, 0.6) is 11.6 Å². The molecular weight excluding hydrogens is 583 g/mol. The number of carbonyl (C=O) groups excluding carboxylic acids is 2. The molecule has 0 fully saturated rings. The lowest BCUT2D eigenvalue weighted by molar-refractivity contribution is -0.137. The second-order valence-electron chi connectivity index (χ2n) is 8.85. The molecule has 1 aromatic heterocycles. The summed E-state index contributed by atoms with van der Waals surface area (Å²) < 4.78 is 70.5. The second kappa shape index (κ2) is 13.8. The second-order valence-corrected chi connectivity index (χ2v) is 9.26. The lowest BCUT2D eigenvalue weighted by Crippen LogP contribution is -2.27. The summed E-state index contributed by atoms with van der Waals surface area (Å²) in [6.45, 7) is 1.92. The Kier molecular flexibility index (Phi) is 10.4. The maximum Gasteiger partial charge on any atom is 0.416 e. The Morgan fingerprint density at radius 3 is 2.31 bits per heavy atom. The molecule has 0 radical (unpaired) electrons. The Hall–Kier alpha value is -4.71. The predicted octanol–water partition coefficient (Wildman–Crippen LogP) is 8.17. The van der Waals surface area contributed by atoms with Gasteiger partial charge in [0.15, 0.2) is 0 Å². The number of rotatable bonds is 5. The van der Waals surface area contributed by atoms with Crippen LogP contribution in [-0.4, -0.2) is 35.9 Å². The molecule has 0 bridgehead atoms. The van der Waals surface area contributed by atoms with Crippen molar-refractivity contribution in [3.63, 3.8) is 0 Å². The van der Waals surface area contributed by atoms with E-state index in [4.69, 9.17) is 16.3 Å². The van der Waals surface area contributed by atoms with E-state index < -0.39 is 29.3 Å². The van der Waals surface area contributed by atoms with Gasteiger partial charge in [-0.15, -0.1) is 0 Å². The first-order valence-corrected chi connectivity index (χ1v) is 12.4. The number of alkyl halides is 3. The quantitative estimate of drug-likeness (QED) is 0.225. The van der Waals surface area contributed by atoms with Gasteiger partial charge in [-0.25, -0.2) is 18.6 Å². The summed E-state index contributed by atoms with van der Waals surface area (Å²) in [5, 5.41) is 5.60. The number of amides is 3. The Morgan fingerprint density at radius 1 is 0.929 bits per heavy atom. The fourth-order valence-corrected chi connectivity index (χ4v) is 3.36. The van der Waals surface area contributed by atoms with Gasteiger partial charge in [-0.2, -0.15) is 13.2 Å². The average molecular weight is 607 g/mol. The molecule has 1 heterocycles. The van der Waals surface area contributed by atoms with Crippen molar-refractivity contribution in [2.24, 2.45) is 0 Å². The van der Waals surface area contributed by atoms with Crippen LogP contribution >= 0.6 is 11.6 Å². The Balaban J connectivity index is 0.000000291. The van der Waals surface area contributed by atoms with E-state index in [9.17, 15) is 31.5 Å². The highest BCUT2D eigenvalue weighted by molar-refractivity contribution is 6.31. The number of ether oxygens (including phenoxy) is 1. The van der Waals surface area contributed by atoms with Crippen LogP contribution in [0, 0.1) is 18.6 Å². The third-order valence-corrected chi connectivity index (χ3v) is 5.81. The Bertz CT molecular complexity index is 1580. The fourth-order valence-electron chi connectivity index (χ4n) is 3.18. The van der Waals surface area contributed by atoms with Crippen LogP contribution in [0.15, 0.2) is 79.0 Å². The van der Waals surface area contributed by atoms with Gasteiger partial charge in [0.1, 0.15) is 22.9 Å². The molecule has 0 aliphatic carbocycles. The van der Waals surface area contributed by atoms with Crippen molar-refractivity contribution in [3.05, 3.63) is 112 Å². The number of nitrogens with one attached hydrogen (secondary N) is 2. The third kappa shape index (κ3) is 8.90. The summed E-state index contributed by atoms with van der Waals surface area (Å²) >= 11 is 5.91. The fraction of sp³-hybridized carbons (Fsp3) is 0.138. The molecular formula is C29H24ClF5N4O3. The van der Waals surface area contributed by atoms with Gasteiger partial charge in [-0.05, 0) is 67.1 Å². The van der Waals surface area contributed by atoms with E-state index in [0.717, 1.165) is 35.9 Å². The first-order valence-electron chi connectivity index (χ1n) is 12.1. The largest absolute Gasteiger partial charge is 0.438 e. The number of benzene rings is 3. The van der Waals surface area contributed by atoms with E-state index in [1.54, 1.807) is 20.2 Å². The minimum atomic E-state index is -4.57. The SMILES string of the molecule is Cc1ccc(NC(=O)N(C)C)cc1Cl.O=C(Nc1ccc(F)cc1F)c1cccnc1Oc1cccc(C(F)(F)F)c1. The van der Waals surface area contributed by atoms with Gasteiger partial charge in [0.05, 0.1) is 11.3 Å². The highest BCUT2D eigenvalue weighted by Gasteiger charge is 2.30. The molecule has 13 heteroatoms. The van der Waals surface area contributed by atoms with Crippen LogP contribution in [0.1, 0.15) is 21.5 Å². The topological polar surface area (TPSA) is 83.6 Å². The molecule has 0 unspecified atom stereocenters. The molecule has 4 rings (SSSR count). The number of pyridine rings is 1. The molecule has 2 N–H and O–H groups in total. The standard InChI is InChI=1S/C19H11F5N2O2.C10H13ClN2O/c20-12-6-7-16(15(21)10-12)26-17(27)14-5-2-8-25-18(14)28-13-4-1-3-11(9-13)19(22,23)24;1-7-4-5-8(6-9(7)11)12-10(14)13(2)3/h1-10H,(H,26,27);4-6H,1-3H3,(H,12,14). The molecule has 3 amide bonds. The van der Waals surface area contributed by atoms with Crippen LogP contribution in [0.3, 0.4) is 0 Å². The first-order chi connectivity index (χ1) is 19.7. The number of hydrogen-bond donors (Lipinski definition) is 2. The van der Waals surface area contributed by atoms with E-state index in [1.165, 1.54) is 29.3 Å². The third-order valence-electron chi connectivity index (χ3n) is 5.40. The molecule has 0 spiro atoms. The van der Waals surface area contributed by atoms with Crippen molar-refractivity contribution in [1.82, 2.24) is 9.88 Å². The molecule has 220 valence electrons. The maximum atomic E-state index is 13.7. The van der Waals surface area contributed by atoms with Crippen LogP contribution < -0.4 is 15.4 Å². The van der Waals surface area contributed by atoms with Gasteiger partial charge >= 0.3 is 12.2 Å². The van der Waals surface area contributed by atoms with E-state index in [1.807, 2.05) is 19.1 Å². The predicted molar refractivity (Wildman–Crippen MR) is 149 cm³/mol. The minimum Gasteiger partial charge on any atom is -0.438 e. The number of hydrogen-bond acceptors (Lipinski definition) is 4.